The van der Waals surface area contributed by atoms with Crippen LogP contribution in [0.2, 0.25) is 0 Å². The van der Waals surface area contributed by atoms with Crippen molar-refractivity contribution in [3.8, 4) is 0 Å². The largest absolute Gasteiger partial charge is 0.478 e. The van der Waals surface area contributed by atoms with E-state index in [0.29, 0.717) is 38.8 Å². The number of carboxylic acids is 1. The van der Waals surface area contributed by atoms with Crippen LogP contribution in [0.3, 0.4) is 0 Å². The molecule has 6 aliphatic rings. The van der Waals surface area contributed by atoms with Gasteiger partial charge in [-0.25, -0.2) is 13.6 Å². The van der Waals surface area contributed by atoms with Gasteiger partial charge in [0.05, 0.1) is 5.56 Å². The van der Waals surface area contributed by atoms with Crippen molar-refractivity contribution in [3.63, 3.8) is 0 Å². The number of hydrogen-bond donors (Lipinski definition) is 1. The van der Waals surface area contributed by atoms with E-state index in [-0.39, 0.29) is 41.1 Å². The first-order valence-electron chi connectivity index (χ1n) is 13.7. The molecule has 6 heteroatoms. The predicted octanol–water partition coefficient (Wildman–Crippen LogP) is 6.76. The molecule has 198 valence electrons. The number of halogens is 2. The van der Waals surface area contributed by atoms with Gasteiger partial charge in [0.2, 0.25) is 5.91 Å². The Kier molecular flexibility index (Phi) is 5.21. The van der Waals surface area contributed by atoms with Crippen LogP contribution in [0.15, 0.2) is 42.0 Å². The number of allylic oxidation sites excluding steroid dienone is 2. The minimum absolute atomic E-state index is 0.0170. The fourth-order valence-electron chi connectivity index (χ4n) is 9.42. The van der Waals surface area contributed by atoms with Gasteiger partial charge in [0, 0.05) is 36.8 Å². The van der Waals surface area contributed by atoms with Crippen molar-refractivity contribution in [2.75, 3.05) is 13.1 Å². The SMILES string of the molecule is CC1(C)C(c2ccc(C(=O)O)cc2)=CC[C@]2(C)CN(C(=O)CC34CC5CC(F)(CC(F)(C5)C3)C4)CC=C12. The topological polar surface area (TPSA) is 57.6 Å². The normalized spacial score (nSPS) is 39.6. The van der Waals surface area contributed by atoms with Crippen LogP contribution in [0.1, 0.15) is 88.1 Å². The summed E-state index contributed by atoms with van der Waals surface area (Å²) in [7, 11) is 0. The van der Waals surface area contributed by atoms with E-state index < -0.39 is 22.7 Å². The fraction of sp³-hybridized carbons (Fsp3) is 0.613. The number of carboxylic acid groups (broad SMARTS) is 1. The van der Waals surface area contributed by atoms with E-state index in [1.165, 1.54) is 11.1 Å². The molecule has 1 aromatic rings. The van der Waals surface area contributed by atoms with Crippen LogP contribution in [0.5, 0.6) is 0 Å². The zero-order valence-electron chi connectivity index (χ0n) is 22.1. The van der Waals surface area contributed by atoms with Crippen molar-refractivity contribution in [1.29, 1.82) is 0 Å². The van der Waals surface area contributed by atoms with Crippen LogP contribution in [0, 0.1) is 22.2 Å². The van der Waals surface area contributed by atoms with Gasteiger partial charge in [-0.1, -0.05) is 50.6 Å². The monoisotopic (exact) mass is 509 g/mol. The van der Waals surface area contributed by atoms with Gasteiger partial charge in [0.25, 0.3) is 0 Å². The Hall–Kier alpha value is -2.50. The molecule has 4 saturated carbocycles. The number of benzene rings is 1. The molecule has 1 aliphatic heterocycles. The molecule has 0 saturated heterocycles. The minimum Gasteiger partial charge on any atom is -0.478 e. The Morgan fingerprint density at radius 1 is 0.973 bits per heavy atom. The van der Waals surface area contributed by atoms with E-state index in [2.05, 4.69) is 32.9 Å². The Labute approximate surface area is 217 Å². The van der Waals surface area contributed by atoms with Crippen LogP contribution in [-0.2, 0) is 4.79 Å². The molecule has 0 radical (unpaired) electrons. The summed E-state index contributed by atoms with van der Waals surface area (Å²) >= 11 is 0. The molecule has 1 amide bonds. The van der Waals surface area contributed by atoms with E-state index in [0.717, 1.165) is 18.4 Å². The van der Waals surface area contributed by atoms with Crippen LogP contribution in [0.4, 0.5) is 8.78 Å². The van der Waals surface area contributed by atoms with Gasteiger partial charge in [0.15, 0.2) is 0 Å². The van der Waals surface area contributed by atoms with Crippen molar-refractivity contribution in [3.05, 3.63) is 53.1 Å². The second-order valence-corrected chi connectivity index (χ2v) is 13.8. The highest BCUT2D eigenvalue weighted by atomic mass is 19.2. The molecular weight excluding hydrogens is 472 g/mol. The highest BCUT2D eigenvalue weighted by Gasteiger charge is 2.65. The van der Waals surface area contributed by atoms with Gasteiger partial charge in [0.1, 0.15) is 11.3 Å². The van der Waals surface area contributed by atoms with E-state index in [4.69, 9.17) is 0 Å². The smallest absolute Gasteiger partial charge is 0.335 e. The lowest BCUT2D eigenvalue weighted by molar-refractivity contribution is -0.181. The van der Waals surface area contributed by atoms with Crippen LogP contribution < -0.4 is 0 Å². The molecule has 3 atom stereocenters. The first-order valence-corrected chi connectivity index (χ1v) is 13.7. The minimum atomic E-state index is -1.44. The fourth-order valence-corrected chi connectivity index (χ4v) is 9.42. The van der Waals surface area contributed by atoms with Crippen molar-refractivity contribution in [2.24, 2.45) is 22.2 Å². The lowest BCUT2D eigenvalue weighted by Crippen LogP contribution is -2.61. The third-order valence-corrected chi connectivity index (χ3v) is 10.2. The predicted molar refractivity (Wildman–Crippen MR) is 138 cm³/mol. The Morgan fingerprint density at radius 2 is 1.62 bits per heavy atom. The number of aromatic carboxylic acids is 1. The number of rotatable bonds is 4. The molecule has 1 N–H and O–H groups in total. The highest BCUT2D eigenvalue weighted by Crippen LogP contribution is 2.67. The molecule has 5 aliphatic carbocycles. The molecule has 4 bridgehead atoms. The van der Waals surface area contributed by atoms with Crippen molar-refractivity contribution in [1.82, 2.24) is 4.90 Å². The molecule has 0 aromatic heterocycles. The van der Waals surface area contributed by atoms with E-state index >= 15 is 8.78 Å². The summed E-state index contributed by atoms with van der Waals surface area (Å²) < 4.78 is 30.9. The zero-order chi connectivity index (χ0) is 26.4. The molecule has 7 rings (SSSR count). The molecule has 1 aromatic carbocycles. The maximum absolute atomic E-state index is 15.5. The average molecular weight is 510 g/mol. The van der Waals surface area contributed by atoms with Gasteiger partial charge in [-0.3, -0.25) is 4.79 Å². The van der Waals surface area contributed by atoms with Gasteiger partial charge in [-0.05, 0) is 73.1 Å². The first kappa shape index (κ1) is 24.8. The summed E-state index contributed by atoms with van der Waals surface area (Å²) in [4.78, 5) is 26.8. The molecular formula is C31H37F2NO3. The quantitative estimate of drug-likeness (QED) is 0.456. The molecule has 37 heavy (non-hydrogen) atoms. The summed E-state index contributed by atoms with van der Waals surface area (Å²) in [5, 5.41) is 9.25. The Morgan fingerprint density at radius 3 is 2.22 bits per heavy atom. The van der Waals surface area contributed by atoms with Gasteiger partial charge in [-0.15, -0.1) is 0 Å². The van der Waals surface area contributed by atoms with Gasteiger partial charge >= 0.3 is 5.97 Å². The third-order valence-electron chi connectivity index (χ3n) is 10.2. The number of carbonyl (C=O) groups excluding carboxylic acids is 1. The van der Waals surface area contributed by atoms with Crippen LogP contribution in [-0.4, -0.2) is 46.3 Å². The maximum atomic E-state index is 15.5. The van der Waals surface area contributed by atoms with Gasteiger partial charge in [-0.2, -0.15) is 0 Å². The standard InChI is InChI=1S/C31H37F2NO3/c1-27(2)23(21-4-6-22(7-5-21)26(36)37)8-10-28(3)19-34(11-9-24(27)28)25(35)15-29-12-20-13-30(32,16-29)18-31(33,14-20)17-29/h4-9,20H,10-19H2,1-3H3,(H,36,37)/t20?,28-,29?,30?,31?/m1/s1. The molecule has 2 unspecified atom stereocenters. The second-order valence-electron chi connectivity index (χ2n) is 13.8. The molecule has 0 spiro atoms. The summed E-state index contributed by atoms with van der Waals surface area (Å²) in [6.45, 7) is 7.71. The average Bonchev–Trinajstić information content (AvgIpc) is 2.75. The number of alkyl halides is 2. The Balaban J connectivity index is 1.21. The summed E-state index contributed by atoms with van der Waals surface area (Å²) in [5.74, 6) is -0.841. The number of hydrogen-bond acceptors (Lipinski definition) is 2. The number of carbonyl (C=O) groups is 2. The van der Waals surface area contributed by atoms with E-state index in [1.807, 2.05) is 17.0 Å². The third kappa shape index (κ3) is 3.97. The first-order chi connectivity index (χ1) is 17.2. The molecule has 1 heterocycles. The van der Waals surface area contributed by atoms with Crippen LogP contribution >= 0.6 is 0 Å². The van der Waals surface area contributed by atoms with Gasteiger partial charge < -0.3 is 10.0 Å². The second kappa shape index (κ2) is 7.77. The number of nitrogens with zero attached hydrogens (tertiary/aromatic N) is 1. The lowest BCUT2D eigenvalue weighted by atomic mass is 9.46. The molecule has 4 nitrogen and oxygen atoms in total. The highest BCUT2D eigenvalue weighted by molar-refractivity contribution is 5.88. The van der Waals surface area contributed by atoms with Crippen molar-refractivity contribution >= 4 is 17.4 Å². The van der Waals surface area contributed by atoms with Crippen molar-refractivity contribution < 1.29 is 23.5 Å². The van der Waals surface area contributed by atoms with Crippen LogP contribution in [0.25, 0.3) is 5.57 Å². The Bertz CT molecular complexity index is 1210. The summed E-state index contributed by atoms with van der Waals surface area (Å²) in [6.07, 6.45) is 7.84. The van der Waals surface area contributed by atoms with E-state index in [9.17, 15) is 14.7 Å². The van der Waals surface area contributed by atoms with Crippen molar-refractivity contribution in [2.45, 2.75) is 83.5 Å². The zero-order valence-corrected chi connectivity index (χ0v) is 22.1. The van der Waals surface area contributed by atoms with E-state index in [1.54, 1.807) is 12.1 Å². The number of amides is 1. The summed E-state index contributed by atoms with van der Waals surface area (Å²) in [5.41, 5.74) is -0.151. The lowest BCUT2D eigenvalue weighted by Gasteiger charge is -2.61. The number of fused-ring (bicyclic) bond motifs is 1. The maximum Gasteiger partial charge on any atom is 0.335 e. The summed E-state index contributed by atoms with van der Waals surface area (Å²) in [6, 6.07) is 7.04. The molecule has 4 fully saturated rings.